The van der Waals surface area contributed by atoms with Crippen molar-refractivity contribution in [1.29, 1.82) is 5.26 Å². The first kappa shape index (κ1) is 19.6. The lowest BCUT2D eigenvalue weighted by atomic mass is 10.1. The van der Waals surface area contributed by atoms with E-state index in [2.05, 4.69) is 42.8 Å². The lowest BCUT2D eigenvalue weighted by Gasteiger charge is -2.03. The molecule has 0 amide bonds. The van der Waals surface area contributed by atoms with Crippen LogP contribution in [0.2, 0.25) is 0 Å². The van der Waals surface area contributed by atoms with Gasteiger partial charge in [-0.2, -0.15) is 0 Å². The summed E-state index contributed by atoms with van der Waals surface area (Å²) in [5, 5.41) is 6.25. The quantitative estimate of drug-likeness (QED) is 0.314. The average Bonchev–Trinajstić information content (AvgIpc) is 2.55. The molecule has 0 aliphatic carbocycles. The van der Waals surface area contributed by atoms with Gasteiger partial charge in [0.15, 0.2) is 11.9 Å². The zero-order valence-electron chi connectivity index (χ0n) is 14.0. The van der Waals surface area contributed by atoms with Crippen LogP contribution in [-0.2, 0) is 13.0 Å². The minimum Gasteiger partial charge on any atom is -0.512 e. The van der Waals surface area contributed by atoms with E-state index in [1.807, 2.05) is 0 Å². The number of rotatable bonds is 11. The summed E-state index contributed by atoms with van der Waals surface area (Å²) in [5.74, 6) is 0. The van der Waals surface area contributed by atoms with Crippen LogP contribution in [0.5, 0.6) is 0 Å². The van der Waals surface area contributed by atoms with Gasteiger partial charge in [0.25, 0.3) is 0 Å². The lowest BCUT2D eigenvalue weighted by Crippen LogP contribution is -2.37. The van der Waals surface area contributed by atoms with Crippen LogP contribution in [0.15, 0.2) is 24.4 Å². The Balaban J connectivity index is 0.00000191. The van der Waals surface area contributed by atoms with Gasteiger partial charge >= 0.3 is 0 Å². The summed E-state index contributed by atoms with van der Waals surface area (Å²) >= 11 is 0. The van der Waals surface area contributed by atoms with E-state index in [1.165, 1.54) is 70.0 Å². The number of aryl methyl sites for hydroxylation is 2. The molecule has 1 rings (SSSR count). The van der Waals surface area contributed by atoms with Crippen molar-refractivity contribution in [2.75, 3.05) is 0 Å². The van der Waals surface area contributed by atoms with Crippen molar-refractivity contribution in [3.8, 4) is 0 Å². The Bertz CT molecular complexity index is 358. The molecule has 1 aromatic rings. The van der Waals surface area contributed by atoms with Gasteiger partial charge in [-0.15, -0.1) is 0 Å². The van der Waals surface area contributed by atoms with Crippen molar-refractivity contribution in [2.24, 2.45) is 0 Å². The fraction of sp³-hybridized carbons (Fsp3) is 0.684. The van der Waals surface area contributed by atoms with Crippen molar-refractivity contribution >= 4 is 0 Å². The van der Waals surface area contributed by atoms with Gasteiger partial charge in [0.1, 0.15) is 6.54 Å². The highest BCUT2D eigenvalue weighted by Crippen LogP contribution is 2.09. The van der Waals surface area contributed by atoms with Crippen LogP contribution in [0, 0.1) is 11.8 Å². The van der Waals surface area contributed by atoms with Gasteiger partial charge in [-0.1, -0.05) is 64.9 Å². The molecule has 0 aliphatic rings. The second-order valence-corrected chi connectivity index (χ2v) is 5.57. The van der Waals surface area contributed by atoms with Crippen molar-refractivity contribution in [3.05, 3.63) is 36.7 Å². The van der Waals surface area contributed by atoms with Crippen LogP contribution in [0.4, 0.5) is 0 Å². The average molecular weight is 288 g/mol. The van der Waals surface area contributed by atoms with Crippen LogP contribution in [0.3, 0.4) is 0 Å². The third-order valence-corrected chi connectivity index (χ3v) is 3.90. The molecular formula is C19H32N2. The predicted molar refractivity (Wildman–Crippen MR) is 88.2 cm³/mol. The number of unbranched alkanes of at least 4 members (excludes halogenated alkanes) is 8. The highest BCUT2D eigenvalue weighted by Gasteiger charge is 2.05. The number of hydrogen-bond acceptors (Lipinski definition) is 1. The molecule has 0 unspecified atom stereocenters. The van der Waals surface area contributed by atoms with E-state index in [-0.39, 0.29) is 0 Å². The zero-order chi connectivity index (χ0) is 15.8. The Kier molecular flexibility index (Phi) is 14.1. The maximum absolute atomic E-state index is 6.25. The highest BCUT2D eigenvalue weighted by atomic mass is 14.9. The van der Waals surface area contributed by atoms with E-state index < -0.39 is 0 Å². The number of nitrogens with zero attached hydrogens (tertiary/aromatic N) is 2. The standard InChI is InChI=1S/C18H32N.CN/c1-3-5-6-7-8-9-10-11-13-16-19-17-14-12-15-18(19)4-2;1-2/h12,14-15,17H,3-11,13,16H2,1-2H3;/q+1;-1. The molecule has 0 aromatic carbocycles. The molecule has 1 aromatic heterocycles. The molecule has 0 aliphatic heterocycles. The van der Waals surface area contributed by atoms with E-state index in [0.29, 0.717) is 0 Å². The Labute approximate surface area is 131 Å². The second-order valence-electron chi connectivity index (χ2n) is 5.57. The van der Waals surface area contributed by atoms with Crippen molar-refractivity contribution in [3.63, 3.8) is 0 Å². The Morgan fingerprint density at radius 2 is 1.43 bits per heavy atom. The van der Waals surface area contributed by atoms with Crippen molar-refractivity contribution in [2.45, 2.75) is 84.6 Å². The zero-order valence-corrected chi connectivity index (χ0v) is 14.0. The molecule has 2 heteroatoms. The van der Waals surface area contributed by atoms with E-state index in [9.17, 15) is 0 Å². The van der Waals surface area contributed by atoms with Gasteiger partial charge in [0.05, 0.1) is 0 Å². The minimum atomic E-state index is 1.14. The van der Waals surface area contributed by atoms with Crippen LogP contribution in [0.1, 0.15) is 77.3 Å². The maximum atomic E-state index is 6.25. The number of pyridine rings is 1. The Hall–Kier alpha value is -1.36. The lowest BCUT2D eigenvalue weighted by molar-refractivity contribution is -0.704. The minimum absolute atomic E-state index is 1.14. The number of aromatic nitrogens is 1. The smallest absolute Gasteiger partial charge is 0.181 e. The summed E-state index contributed by atoms with van der Waals surface area (Å²) in [4.78, 5) is 0. The second kappa shape index (κ2) is 15.0. The summed E-state index contributed by atoms with van der Waals surface area (Å²) in [6.07, 6.45) is 16.0. The van der Waals surface area contributed by atoms with Gasteiger partial charge in [-0.3, -0.25) is 0 Å². The highest BCUT2D eigenvalue weighted by molar-refractivity contribution is 4.96. The molecule has 118 valence electrons. The van der Waals surface area contributed by atoms with E-state index >= 15 is 0 Å². The molecule has 1 heterocycles. The third kappa shape index (κ3) is 10.1. The van der Waals surface area contributed by atoms with Crippen LogP contribution >= 0.6 is 0 Å². The molecule has 0 saturated carbocycles. The van der Waals surface area contributed by atoms with E-state index in [1.54, 1.807) is 0 Å². The molecule has 0 fully saturated rings. The normalized spacial score (nSPS) is 9.90. The summed E-state index contributed by atoms with van der Waals surface area (Å²) in [7, 11) is 0. The molecule has 0 atom stereocenters. The van der Waals surface area contributed by atoms with Gasteiger partial charge < -0.3 is 11.8 Å². The van der Waals surface area contributed by atoms with Crippen molar-refractivity contribution < 1.29 is 4.57 Å². The molecule has 2 nitrogen and oxygen atoms in total. The molecule has 0 bridgehead atoms. The SMILES string of the molecule is CCCCCCCCCCC[n+]1ccccc1CC.[C-]#N. The van der Waals surface area contributed by atoms with Gasteiger partial charge in [0, 0.05) is 25.0 Å². The van der Waals surface area contributed by atoms with Crippen LogP contribution in [-0.4, -0.2) is 0 Å². The first-order valence-corrected chi connectivity index (χ1v) is 8.58. The molecule has 0 spiro atoms. The van der Waals surface area contributed by atoms with E-state index in [4.69, 9.17) is 11.8 Å². The fourth-order valence-electron chi connectivity index (χ4n) is 2.64. The topological polar surface area (TPSA) is 27.7 Å². The van der Waals surface area contributed by atoms with Gasteiger partial charge in [0.2, 0.25) is 0 Å². The summed E-state index contributed by atoms with van der Waals surface area (Å²) < 4.78 is 2.42. The van der Waals surface area contributed by atoms with Crippen molar-refractivity contribution in [1.82, 2.24) is 0 Å². The first-order valence-electron chi connectivity index (χ1n) is 8.58. The molecule has 21 heavy (non-hydrogen) atoms. The largest absolute Gasteiger partial charge is 0.512 e. The predicted octanol–water partition coefficient (Wildman–Crippen LogP) is 5.16. The Morgan fingerprint density at radius 3 is 2.00 bits per heavy atom. The van der Waals surface area contributed by atoms with Crippen LogP contribution in [0.25, 0.3) is 0 Å². The summed E-state index contributed by atoms with van der Waals surface area (Å²) in [5.41, 5.74) is 1.46. The fourth-order valence-corrected chi connectivity index (χ4v) is 2.64. The Morgan fingerprint density at radius 1 is 0.857 bits per heavy atom. The van der Waals surface area contributed by atoms with E-state index in [0.717, 1.165) is 6.42 Å². The third-order valence-electron chi connectivity index (χ3n) is 3.90. The van der Waals surface area contributed by atoms with Gasteiger partial charge in [-0.25, -0.2) is 4.57 Å². The number of hydrogen-bond donors (Lipinski definition) is 0. The van der Waals surface area contributed by atoms with Crippen LogP contribution < -0.4 is 4.57 Å². The molecule has 0 radical (unpaired) electrons. The summed E-state index contributed by atoms with van der Waals surface area (Å²) in [6.45, 7) is 10.5. The molecular weight excluding hydrogens is 256 g/mol. The molecule has 0 N–H and O–H groups in total. The van der Waals surface area contributed by atoms with Gasteiger partial charge in [-0.05, 0) is 6.42 Å². The monoisotopic (exact) mass is 288 g/mol. The molecule has 0 saturated heterocycles. The summed E-state index contributed by atoms with van der Waals surface area (Å²) in [6, 6.07) is 6.53. The maximum Gasteiger partial charge on any atom is 0.181 e. The first-order chi connectivity index (χ1) is 10.4.